The minimum Gasteiger partial charge on any atom is -0.349 e. The minimum atomic E-state index is -1.05. The number of carbonyl (C=O) groups is 2. The average molecular weight is 478 g/mol. The van der Waals surface area contributed by atoms with Gasteiger partial charge in [-0.1, -0.05) is 0 Å². The van der Waals surface area contributed by atoms with Crippen LogP contribution in [0.3, 0.4) is 0 Å². The van der Waals surface area contributed by atoms with Crippen molar-refractivity contribution in [3.8, 4) is 12.0 Å². The number of hydrogen-bond acceptors (Lipinski definition) is 6. The Morgan fingerprint density at radius 3 is 2.49 bits per heavy atom. The Balaban J connectivity index is 1.38. The van der Waals surface area contributed by atoms with E-state index in [1.165, 1.54) is 29.2 Å². The maximum absolute atomic E-state index is 13.7. The van der Waals surface area contributed by atoms with Crippen molar-refractivity contribution in [1.82, 2.24) is 30.0 Å². The number of nitriles is 1. The van der Waals surface area contributed by atoms with E-state index in [1.54, 1.807) is 31.9 Å². The van der Waals surface area contributed by atoms with Crippen molar-refractivity contribution in [3.05, 3.63) is 47.7 Å². The molecule has 1 saturated carbocycles. The van der Waals surface area contributed by atoms with Gasteiger partial charge in [0.25, 0.3) is 11.9 Å². The first kappa shape index (κ1) is 24.3. The normalized spacial score (nSPS) is 18.2. The fourth-order valence-corrected chi connectivity index (χ4v) is 4.47. The molecular weight excluding hydrogens is 449 g/mol. The molecule has 0 unspecified atom stereocenters. The molecule has 9 nitrogen and oxygen atoms in total. The number of benzene rings is 1. The van der Waals surface area contributed by atoms with E-state index in [0.29, 0.717) is 11.1 Å². The highest BCUT2D eigenvalue weighted by molar-refractivity contribution is 5.93. The number of amides is 2. The Bertz CT molecular complexity index is 1300. The third-order valence-corrected chi connectivity index (χ3v) is 6.63. The zero-order valence-electron chi connectivity index (χ0n) is 20.2. The lowest BCUT2D eigenvalue weighted by Crippen LogP contribution is -2.47. The molecule has 0 atom stereocenters. The van der Waals surface area contributed by atoms with Crippen LogP contribution in [0.4, 0.5) is 4.39 Å². The van der Waals surface area contributed by atoms with Gasteiger partial charge in [0.15, 0.2) is 0 Å². The molecule has 2 aromatic heterocycles. The van der Waals surface area contributed by atoms with Gasteiger partial charge in [-0.3, -0.25) is 9.59 Å². The maximum atomic E-state index is 13.7. The summed E-state index contributed by atoms with van der Waals surface area (Å²) in [6, 6.07) is 6.50. The Labute approximate surface area is 203 Å². The molecule has 4 rings (SSSR count). The van der Waals surface area contributed by atoms with Crippen LogP contribution in [0.25, 0.3) is 16.9 Å². The molecule has 1 aliphatic carbocycles. The first-order chi connectivity index (χ1) is 16.6. The van der Waals surface area contributed by atoms with Crippen LogP contribution in [-0.2, 0) is 4.79 Å². The SMILES string of the molecule is Cc1nn(-c2ncc(C(=O)NC3CCC(N(C)C(=O)C(C)(C)C#N)CC3)cn2)c2cc(F)ccc12. The number of fused-ring (bicyclic) bond motifs is 1. The van der Waals surface area contributed by atoms with Gasteiger partial charge in [0.05, 0.1) is 22.8 Å². The Kier molecular flexibility index (Phi) is 6.52. The van der Waals surface area contributed by atoms with Crippen molar-refractivity contribution in [1.29, 1.82) is 5.26 Å². The first-order valence-electron chi connectivity index (χ1n) is 11.6. The molecule has 2 amide bonds. The number of halogens is 1. The Hall–Kier alpha value is -3.87. The van der Waals surface area contributed by atoms with E-state index >= 15 is 0 Å². The number of nitrogens with one attached hydrogen (secondary N) is 1. The van der Waals surface area contributed by atoms with Crippen molar-refractivity contribution >= 4 is 22.7 Å². The molecule has 0 spiro atoms. The summed E-state index contributed by atoms with van der Waals surface area (Å²) in [5, 5.41) is 17.4. The molecule has 3 aromatic rings. The van der Waals surface area contributed by atoms with E-state index in [0.717, 1.165) is 36.8 Å². The summed E-state index contributed by atoms with van der Waals surface area (Å²) in [5.41, 5.74) is 0.544. The summed E-state index contributed by atoms with van der Waals surface area (Å²) in [7, 11) is 1.74. The quantitative estimate of drug-likeness (QED) is 0.603. The Morgan fingerprint density at radius 2 is 1.86 bits per heavy atom. The number of nitrogens with zero attached hydrogens (tertiary/aromatic N) is 6. The van der Waals surface area contributed by atoms with Crippen molar-refractivity contribution in [2.45, 2.75) is 58.5 Å². The van der Waals surface area contributed by atoms with Crippen LogP contribution in [0, 0.1) is 29.5 Å². The smallest absolute Gasteiger partial charge is 0.254 e. The molecule has 1 fully saturated rings. The number of aryl methyl sites for hydroxylation is 1. The molecule has 0 bridgehead atoms. The van der Waals surface area contributed by atoms with Crippen LogP contribution < -0.4 is 5.32 Å². The molecule has 1 aromatic carbocycles. The summed E-state index contributed by atoms with van der Waals surface area (Å²) < 4.78 is 15.2. The van der Waals surface area contributed by atoms with Gasteiger partial charge in [-0.05, 0) is 58.6 Å². The second-order valence-electron chi connectivity index (χ2n) is 9.56. The largest absolute Gasteiger partial charge is 0.349 e. The van der Waals surface area contributed by atoms with Crippen LogP contribution in [0.1, 0.15) is 55.6 Å². The summed E-state index contributed by atoms with van der Waals surface area (Å²) in [4.78, 5) is 35.5. The molecule has 1 N–H and O–H groups in total. The second kappa shape index (κ2) is 9.41. The first-order valence-corrected chi connectivity index (χ1v) is 11.6. The molecule has 35 heavy (non-hydrogen) atoms. The molecule has 182 valence electrons. The standard InChI is InChI=1S/C25H28FN7O2/c1-15-20-10-5-17(26)11-21(20)33(31-15)24-28-12-16(13-29-24)22(34)30-18-6-8-19(9-7-18)32(4)23(35)25(2,3)14-27/h5,10-13,18-19H,6-9H2,1-4H3,(H,30,34). The monoisotopic (exact) mass is 477 g/mol. The van der Waals surface area contributed by atoms with E-state index in [4.69, 9.17) is 0 Å². The van der Waals surface area contributed by atoms with Gasteiger partial charge < -0.3 is 10.2 Å². The van der Waals surface area contributed by atoms with Gasteiger partial charge >= 0.3 is 0 Å². The van der Waals surface area contributed by atoms with Gasteiger partial charge in [-0.15, -0.1) is 0 Å². The third-order valence-electron chi connectivity index (χ3n) is 6.63. The molecular formula is C25H28FN7O2. The van der Waals surface area contributed by atoms with Crippen molar-refractivity contribution < 1.29 is 14.0 Å². The zero-order chi connectivity index (χ0) is 25.3. The van der Waals surface area contributed by atoms with Gasteiger partial charge in [-0.2, -0.15) is 15.0 Å². The summed E-state index contributed by atoms with van der Waals surface area (Å²) in [6.45, 7) is 5.07. The van der Waals surface area contributed by atoms with E-state index in [-0.39, 0.29) is 35.7 Å². The summed E-state index contributed by atoms with van der Waals surface area (Å²) >= 11 is 0. The second-order valence-corrected chi connectivity index (χ2v) is 9.56. The molecule has 0 saturated heterocycles. The third kappa shape index (κ3) is 4.85. The van der Waals surface area contributed by atoms with Crippen LogP contribution in [0.2, 0.25) is 0 Å². The number of rotatable bonds is 5. The van der Waals surface area contributed by atoms with E-state index in [2.05, 4.69) is 26.5 Å². The van der Waals surface area contributed by atoms with E-state index < -0.39 is 5.41 Å². The minimum absolute atomic E-state index is 0.0217. The zero-order valence-corrected chi connectivity index (χ0v) is 20.2. The molecule has 2 heterocycles. The topological polar surface area (TPSA) is 117 Å². The molecule has 0 radical (unpaired) electrons. The highest BCUT2D eigenvalue weighted by Gasteiger charge is 2.35. The number of carbonyl (C=O) groups excluding carboxylic acids is 2. The summed E-state index contributed by atoms with van der Waals surface area (Å²) in [5.74, 6) is -0.595. The maximum Gasteiger partial charge on any atom is 0.254 e. The van der Waals surface area contributed by atoms with Gasteiger partial charge in [0, 0.05) is 43.0 Å². The molecule has 10 heteroatoms. The van der Waals surface area contributed by atoms with Crippen LogP contribution in [-0.4, -0.2) is 55.6 Å². The van der Waals surface area contributed by atoms with E-state index in [1.807, 2.05) is 6.92 Å². The average Bonchev–Trinajstić information content (AvgIpc) is 3.19. The van der Waals surface area contributed by atoms with Crippen molar-refractivity contribution in [3.63, 3.8) is 0 Å². The van der Waals surface area contributed by atoms with Gasteiger partial charge in [-0.25, -0.2) is 14.4 Å². The van der Waals surface area contributed by atoms with Crippen LogP contribution >= 0.6 is 0 Å². The fraction of sp³-hybridized carbons (Fsp3) is 0.440. The van der Waals surface area contributed by atoms with E-state index in [9.17, 15) is 19.2 Å². The number of hydrogen-bond donors (Lipinski definition) is 1. The summed E-state index contributed by atoms with van der Waals surface area (Å²) in [6.07, 6.45) is 5.80. The predicted octanol–water partition coefficient (Wildman–Crippen LogP) is 3.31. The highest BCUT2D eigenvalue weighted by atomic mass is 19.1. The van der Waals surface area contributed by atoms with Crippen LogP contribution in [0.15, 0.2) is 30.6 Å². The fourth-order valence-electron chi connectivity index (χ4n) is 4.47. The Morgan fingerprint density at radius 1 is 1.20 bits per heavy atom. The lowest BCUT2D eigenvalue weighted by atomic mass is 9.87. The predicted molar refractivity (Wildman–Crippen MR) is 127 cm³/mol. The van der Waals surface area contributed by atoms with Crippen LogP contribution in [0.5, 0.6) is 0 Å². The molecule has 1 aliphatic rings. The highest BCUT2D eigenvalue weighted by Crippen LogP contribution is 2.27. The van der Waals surface area contributed by atoms with Gasteiger partial charge in [0.1, 0.15) is 11.2 Å². The number of aromatic nitrogens is 4. The lowest BCUT2D eigenvalue weighted by Gasteiger charge is -2.37. The molecule has 0 aliphatic heterocycles. The lowest BCUT2D eigenvalue weighted by molar-refractivity contribution is -0.139. The van der Waals surface area contributed by atoms with Crippen molar-refractivity contribution in [2.75, 3.05) is 7.05 Å². The van der Waals surface area contributed by atoms with Gasteiger partial charge in [0.2, 0.25) is 5.91 Å². The van der Waals surface area contributed by atoms with Crippen molar-refractivity contribution in [2.24, 2.45) is 5.41 Å².